The summed E-state index contributed by atoms with van der Waals surface area (Å²) in [6, 6.07) is 14.1. The molecule has 0 aliphatic carbocycles. The molecule has 1 aromatic heterocycles. The van der Waals surface area contributed by atoms with Gasteiger partial charge in [0.15, 0.2) is 0 Å². The maximum atomic E-state index is 11.8. The molecule has 0 bridgehead atoms. The smallest absolute Gasteiger partial charge is 0.248 e. The van der Waals surface area contributed by atoms with Gasteiger partial charge < -0.3 is 0 Å². The number of pyridine rings is 1. The fraction of sp³-hybridized carbons (Fsp3) is 0. The Bertz CT molecular complexity index is 805. The number of para-hydroxylation sites is 2. The zero-order chi connectivity index (χ0) is 12.8. The summed E-state index contributed by atoms with van der Waals surface area (Å²) in [5.74, 6) is 0. The predicted octanol–water partition coefficient (Wildman–Crippen LogP) is 3.32. The lowest BCUT2D eigenvalue weighted by Crippen LogP contribution is -1.96. The molecule has 0 saturated carbocycles. The van der Waals surface area contributed by atoms with Crippen LogP contribution in [0.2, 0.25) is 0 Å². The fourth-order valence-electron chi connectivity index (χ4n) is 2.06. The van der Waals surface area contributed by atoms with Crippen molar-refractivity contribution in [2.45, 2.75) is 4.90 Å². The average molecular weight is 278 g/mol. The standard InChI is InChI=1S/C13H8ClNO2S/c14-18(16,17)13-9-5-1-3-7-11(9)15-12-8-4-2-6-10(12)13/h1-8H. The first-order valence-electron chi connectivity index (χ1n) is 5.29. The van der Waals surface area contributed by atoms with Crippen LogP contribution < -0.4 is 0 Å². The Kier molecular flexibility index (Phi) is 2.50. The summed E-state index contributed by atoms with van der Waals surface area (Å²) in [5.41, 5.74) is 1.24. The third-order valence-electron chi connectivity index (χ3n) is 2.78. The van der Waals surface area contributed by atoms with Crippen molar-refractivity contribution in [3.63, 3.8) is 0 Å². The second-order valence-corrected chi connectivity index (χ2v) is 6.42. The number of hydrogen-bond donors (Lipinski definition) is 0. The molecular weight excluding hydrogens is 270 g/mol. The summed E-state index contributed by atoms with van der Waals surface area (Å²) >= 11 is 0. The Morgan fingerprint density at radius 1 is 0.833 bits per heavy atom. The van der Waals surface area contributed by atoms with E-state index in [1.54, 1.807) is 36.4 Å². The molecule has 2 aromatic carbocycles. The molecule has 3 aromatic rings. The van der Waals surface area contributed by atoms with E-state index in [1.165, 1.54) is 0 Å². The van der Waals surface area contributed by atoms with Crippen LogP contribution in [0.5, 0.6) is 0 Å². The molecule has 18 heavy (non-hydrogen) atoms. The van der Waals surface area contributed by atoms with Gasteiger partial charge in [-0.2, -0.15) is 0 Å². The van der Waals surface area contributed by atoms with E-state index in [4.69, 9.17) is 10.7 Å². The summed E-state index contributed by atoms with van der Waals surface area (Å²) in [7, 11) is 1.74. The van der Waals surface area contributed by atoms with Gasteiger partial charge in [-0.25, -0.2) is 13.4 Å². The van der Waals surface area contributed by atoms with Crippen LogP contribution in [0.1, 0.15) is 0 Å². The van der Waals surface area contributed by atoms with Gasteiger partial charge in [-0.3, -0.25) is 0 Å². The second kappa shape index (κ2) is 3.93. The highest BCUT2D eigenvalue weighted by atomic mass is 35.7. The Balaban J connectivity index is 2.67. The minimum atomic E-state index is -3.82. The monoisotopic (exact) mass is 277 g/mol. The van der Waals surface area contributed by atoms with E-state index in [-0.39, 0.29) is 4.90 Å². The van der Waals surface area contributed by atoms with E-state index in [1.807, 2.05) is 12.1 Å². The van der Waals surface area contributed by atoms with Gasteiger partial charge in [-0.05, 0) is 12.1 Å². The first kappa shape index (κ1) is 11.4. The van der Waals surface area contributed by atoms with Gasteiger partial charge in [0, 0.05) is 21.5 Å². The molecule has 3 nitrogen and oxygen atoms in total. The summed E-state index contributed by atoms with van der Waals surface area (Å²) < 4.78 is 23.6. The van der Waals surface area contributed by atoms with E-state index in [0.29, 0.717) is 21.8 Å². The first-order valence-corrected chi connectivity index (χ1v) is 7.60. The van der Waals surface area contributed by atoms with Gasteiger partial charge in [0.25, 0.3) is 9.05 Å². The lowest BCUT2D eigenvalue weighted by molar-refractivity contribution is 0.611. The highest BCUT2D eigenvalue weighted by Gasteiger charge is 2.19. The molecule has 0 atom stereocenters. The van der Waals surface area contributed by atoms with Crippen molar-refractivity contribution < 1.29 is 8.42 Å². The number of aromatic nitrogens is 1. The van der Waals surface area contributed by atoms with Crippen LogP contribution in [0.3, 0.4) is 0 Å². The van der Waals surface area contributed by atoms with Crippen molar-refractivity contribution in [3.05, 3.63) is 48.5 Å². The molecule has 5 heteroatoms. The molecule has 0 fully saturated rings. The molecule has 3 rings (SSSR count). The first-order chi connectivity index (χ1) is 8.57. The van der Waals surface area contributed by atoms with Crippen LogP contribution in [0.4, 0.5) is 0 Å². The molecule has 0 unspecified atom stereocenters. The van der Waals surface area contributed by atoms with Crippen molar-refractivity contribution >= 4 is 41.5 Å². The molecule has 0 N–H and O–H groups in total. The van der Waals surface area contributed by atoms with Gasteiger partial charge >= 0.3 is 0 Å². The van der Waals surface area contributed by atoms with Crippen LogP contribution >= 0.6 is 10.7 Å². The van der Waals surface area contributed by atoms with E-state index < -0.39 is 9.05 Å². The van der Waals surface area contributed by atoms with E-state index >= 15 is 0 Å². The van der Waals surface area contributed by atoms with Crippen LogP contribution in [0.15, 0.2) is 53.4 Å². The molecular formula is C13H8ClNO2S. The normalized spacial score (nSPS) is 12.1. The van der Waals surface area contributed by atoms with Crippen LogP contribution in [0.25, 0.3) is 21.8 Å². The van der Waals surface area contributed by atoms with Gasteiger partial charge in [-0.15, -0.1) is 0 Å². The fourth-order valence-corrected chi connectivity index (χ4v) is 3.43. The Hall–Kier alpha value is -1.65. The lowest BCUT2D eigenvalue weighted by atomic mass is 10.1. The molecule has 0 radical (unpaired) electrons. The summed E-state index contributed by atoms with van der Waals surface area (Å²) in [4.78, 5) is 4.56. The van der Waals surface area contributed by atoms with Crippen LogP contribution in [-0.4, -0.2) is 13.4 Å². The third kappa shape index (κ3) is 1.74. The summed E-state index contributed by atoms with van der Waals surface area (Å²) in [5, 5.41) is 1.09. The molecule has 0 aliphatic rings. The van der Waals surface area contributed by atoms with E-state index in [9.17, 15) is 8.42 Å². The third-order valence-corrected chi connectivity index (χ3v) is 4.17. The molecule has 0 amide bonds. The largest absolute Gasteiger partial charge is 0.262 e. The van der Waals surface area contributed by atoms with Gasteiger partial charge in [-0.1, -0.05) is 36.4 Å². The highest BCUT2D eigenvalue weighted by Crippen LogP contribution is 2.31. The Labute approximate surface area is 108 Å². The number of benzene rings is 2. The molecule has 0 saturated heterocycles. The topological polar surface area (TPSA) is 47.0 Å². The number of rotatable bonds is 1. The summed E-state index contributed by atoms with van der Waals surface area (Å²) in [6.45, 7) is 0. The number of nitrogens with zero attached hydrogens (tertiary/aromatic N) is 1. The van der Waals surface area contributed by atoms with Crippen molar-refractivity contribution in [3.8, 4) is 0 Å². The molecule has 90 valence electrons. The zero-order valence-corrected chi connectivity index (χ0v) is 10.7. The van der Waals surface area contributed by atoms with Crippen molar-refractivity contribution in [1.82, 2.24) is 4.98 Å². The minimum absolute atomic E-state index is 0.130. The van der Waals surface area contributed by atoms with Gasteiger partial charge in [0.1, 0.15) is 4.90 Å². The van der Waals surface area contributed by atoms with Crippen molar-refractivity contribution in [1.29, 1.82) is 0 Å². The maximum absolute atomic E-state index is 11.8. The second-order valence-electron chi connectivity index (χ2n) is 3.91. The van der Waals surface area contributed by atoms with Crippen LogP contribution in [-0.2, 0) is 9.05 Å². The SMILES string of the molecule is O=S(=O)(Cl)c1c2ccccc2nc2ccccc12. The van der Waals surface area contributed by atoms with Gasteiger partial charge in [0.2, 0.25) is 0 Å². The average Bonchev–Trinajstić information content (AvgIpc) is 2.34. The Morgan fingerprint density at radius 3 is 1.72 bits per heavy atom. The lowest BCUT2D eigenvalue weighted by Gasteiger charge is -2.07. The molecule has 0 spiro atoms. The summed E-state index contributed by atoms with van der Waals surface area (Å²) in [6.07, 6.45) is 0. The quantitative estimate of drug-likeness (QED) is 0.506. The molecule has 1 heterocycles. The predicted molar refractivity (Wildman–Crippen MR) is 72.3 cm³/mol. The zero-order valence-electron chi connectivity index (χ0n) is 9.17. The minimum Gasteiger partial charge on any atom is -0.248 e. The number of halogens is 1. The van der Waals surface area contributed by atoms with E-state index in [0.717, 1.165) is 0 Å². The molecule has 0 aliphatic heterocycles. The van der Waals surface area contributed by atoms with Gasteiger partial charge in [0.05, 0.1) is 11.0 Å². The Morgan fingerprint density at radius 2 is 1.28 bits per heavy atom. The number of fused-ring (bicyclic) bond motifs is 2. The van der Waals surface area contributed by atoms with Crippen LogP contribution in [0, 0.1) is 0 Å². The number of hydrogen-bond acceptors (Lipinski definition) is 3. The van der Waals surface area contributed by atoms with Crippen molar-refractivity contribution in [2.24, 2.45) is 0 Å². The maximum Gasteiger partial charge on any atom is 0.262 e. The highest BCUT2D eigenvalue weighted by molar-refractivity contribution is 8.14. The van der Waals surface area contributed by atoms with E-state index in [2.05, 4.69) is 4.98 Å². The van der Waals surface area contributed by atoms with Crippen molar-refractivity contribution in [2.75, 3.05) is 0 Å².